The Labute approximate surface area is 220 Å². The Morgan fingerprint density at radius 1 is 1.19 bits per heavy atom. The maximum Gasteiger partial charge on any atom is 0.256 e. The molecule has 0 aliphatic carbocycles. The number of amidine groups is 1. The highest BCUT2D eigenvalue weighted by atomic mass is 35.5. The molecule has 194 valence electrons. The Morgan fingerprint density at radius 2 is 1.95 bits per heavy atom. The summed E-state index contributed by atoms with van der Waals surface area (Å²) >= 11 is 6.36. The third kappa shape index (κ3) is 6.49. The van der Waals surface area contributed by atoms with Crippen LogP contribution in [0.3, 0.4) is 0 Å². The number of nitrogens with two attached hydrogens (primary N) is 1. The minimum atomic E-state index is -0.381. The van der Waals surface area contributed by atoms with Crippen molar-refractivity contribution in [3.63, 3.8) is 0 Å². The van der Waals surface area contributed by atoms with Gasteiger partial charge in [-0.1, -0.05) is 32.4 Å². The first-order valence-corrected chi connectivity index (χ1v) is 12.2. The molecule has 1 aliphatic heterocycles. The van der Waals surface area contributed by atoms with E-state index < -0.39 is 0 Å². The minimum absolute atomic E-state index is 0.265. The van der Waals surface area contributed by atoms with Crippen molar-refractivity contribution in [1.82, 2.24) is 25.3 Å². The number of hydrogen-bond donors (Lipinski definition) is 3. The summed E-state index contributed by atoms with van der Waals surface area (Å²) in [6.07, 6.45) is 4.75. The summed E-state index contributed by atoms with van der Waals surface area (Å²) in [7, 11) is 1.58. The molecule has 12 heteroatoms. The topological polar surface area (TPSA) is 144 Å². The second-order valence-electron chi connectivity index (χ2n) is 9.49. The van der Waals surface area contributed by atoms with Gasteiger partial charge in [-0.25, -0.2) is 19.9 Å². The van der Waals surface area contributed by atoms with Gasteiger partial charge in [0, 0.05) is 47.5 Å². The Kier molecular flexibility index (Phi) is 7.84. The van der Waals surface area contributed by atoms with Crippen LogP contribution in [0.2, 0.25) is 5.02 Å². The predicted molar refractivity (Wildman–Crippen MR) is 145 cm³/mol. The normalized spacial score (nSPS) is 15.1. The van der Waals surface area contributed by atoms with E-state index in [2.05, 4.69) is 35.5 Å². The van der Waals surface area contributed by atoms with Crippen LogP contribution in [-0.2, 0) is 4.74 Å². The molecule has 1 fully saturated rings. The summed E-state index contributed by atoms with van der Waals surface area (Å²) in [5.41, 5.74) is 8.50. The third-order valence-electron chi connectivity index (χ3n) is 5.72. The van der Waals surface area contributed by atoms with E-state index in [0.29, 0.717) is 76.9 Å². The van der Waals surface area contributed by atoms with E-state index in [4.69, 9.17) is 27.1 Å². The van der Waals surface area contributed by atoms with Gasteiger partial charge < -0.3 is 26.0 Å². The number of aromatic nitrogens is 4. The molecule has 1 saturated heterocycles. The third-order valence-corrected chi connectivity index (χ3v) is 5.94. The number of halogens is 1. The average Bonchev–Trinajstić information content (AvgIpc) is 2.87. The van der Waals surface area contributed by atoms with Gasteiger partial charge in [0.05, 0.1) is 19.4 Å². The van der Waals surface area contributed by atoms with Crippen molar-refractivity contribution in [1.29, 1.82) is 0 Å². The first kappa shape index (κ1) is 26.2. The number of nitrogens with zero attached hydrogens (tertiary/aromatic N) is 6. The number of fused-ring (bicyclic) bond motifs is 1. The van der Waals surface area contributed by atoms with Gasteiger partial charge in [-0.3, -0.25) is 9.79 Å². The molecule has 3 aromatic rings. The van der Waals surface area contributed by atoms with E-state index in [1.54, 1.807) is 37.5 Å². The van der Waals surface area contributed by atoms with Gasteiger partial charge >= 0.3 is 0 Å². The van der Waals surface area contributed by atoms with E-state index in [1.807, 2.05) is 20.8 Å². The second-order valence-corrected chi connectivity index (χ2v) is 9.93. The molecule has 0 radical (unpaired) electrons. The van der Waals surface area contributed by atoms with E-state index in [9.17, 15) is 4.79 Å². The number of hydrogen-bond acceptors (Lipinski definition) is 10. The Balaban J connectivity index is 1.59. The molecular formula is C25H30ClN9O2. The number of anilines is 3. The standard InChI is InChI=1S/C25H30ClN9O2/c1-25(2,3)19(27)12-20(28-4)33-23(36)15-9-16(26)11-17(10-15)32-22-21-18(30-14-31-22)13-29-24(34-21)35-5-7-37-8-6-35/h9-14H,5-8,27H2,1-4H3,(H,28,33,36)(H,30,31,32). The maximum absolute atomic E-state index is 13.0. The van der Waals surface area contributed by atoms with Crippen molar-refractivity contribution in [2.24, 2.45) is 16.1 Å². The van der Waals surface area contributed by atoms with Gasteiger partial charge in [-0.2, -0.15) is 0 Å². The minimum Gasteiger partial charge on any atom is -0.401 e. The molecule has 0 unspecified atom stereocenters. The molecule has 1 aliphatic rings. The first-order chi connectivity index (χ1) is 17.6. The van der Waals surface area contributed by atoms with Crippen LogP contribution >= 0.6 is 11.6 Å². The van der Waals surface area contributed by atoms with Crippen molar-refractivity contribution in [2.45, 2.75) is 20.8 Å². The number of aliphatic imine (C=N–C) groups is 1. The number of carbonyl (C=O) groups is 1. The van der Waals surface area contributed by atoms with Crippen LogP contribution in [0.5, 0.6) is 0 Å². The molecule has 4 rings (SSSR count). The average molecular weight is 524 g/mol. The quantitative estimate of drug-likeness (QED) is 0.339. The lowest BCUT2D eigenvalue weighted by molar-refractivity contribution is 0.0977. The molecule has 0 bridgehead atoms. The van der Waals surface area contributed by atoms with Crippen LogP contribution in [0.4, 0.5) is 17.5 Å². The highest BCUT2D eigenvalue weighted by Gasteiger charge is 2.18. The molecule has 2 aromatic heterocycles. The molecule has 0 saturated carbocycles. The van der Waals surface area contributed by atoms with Gasteiger partial charge in [0.1, 0.15) is 23.2 Å². The predicted octanol–water partition coefficient (Wildman–Crippen LogP) is 3.30. The lowest BCUT2D eigenvalue weighted by Crippen LogP contribution is -2.37. The number of allylic oxidation sites excluding steroid dienone is 1. The zero-order valence-electron chi connectivity index (χ0n) is 21.2. The van der Waals surface area contributed by atoms with Gasteiger partial charge in [-0.05, 0) is 24.3 Å². The molecule has 1 amide bonds. The Bertz CT molecular complexity index is 1360. The van der Waals surface area contributed by atoms with Gasteiger partial charge in [0.15, 0.2) is 5.82 Å². The summed E-state index contributed by atoms with van der Waals surface area (Å²) in [6, 6.07) is 4.94. The van der Waals surface area contributed by atoms with Gasteiger partial charge in [0.25, 0.3) is 5.91 Å². The molecule has 3 heterocycles. The van der Waals surface area contributed by atoms with Gasteiger partial charge in [-0.15, -0.1) is 0 Å². The van der Waals surface area contributed by atoms with Crippen molar-refractivity contribution in [2.75, 3.05) is 43.6 Å². The zero-order chi connectivity index (χ0) is 26.6. The molecule has 37 heavy (non-hydrogen) atoms. The monoisotopic (exact) mass is 523 g/mol. The number of rotatable bonds is 5. The second kappa shape index (κ2) is 11.1. The molecule has 1 aromatic carbocycles. The van der Waals surface area contributed by atoms with Crippen molar-refractivity contribution in [3.8, 4) is 0 Å². The lowest BCUT2D eigenvalue weighted by atomic mass is 9.92. The number of amides is 1. The number of nitrogens with one attached hydrogen (secondary N) is 2. The van der Waals surface area contributed by atoms with E-state index in [-0.39, 0.29) is 11.3 Å². The molecule has 4 N–H and O–H groups in total. The summed E-state index contributed by atoms with van der Waals surface area (Å²) in [5.74, 6) is 1.01. The molecular weight excluding hydrogens is 494 g/mol. The largest absolute Gasteiger partial charge is 0.401 e. The smallest absolute Gasteiger partial charge is 0.256 e. The highest BCUT2D eigenvalue weighted by molar-refractivity contribution is 6.31. The molecule has 11 nitrogen and oxygen atoms in total. The number of benzene rings is 1. The summed E-state index contributed by atoms with van der Waals surface area (Å²) in [5, 5.41) is 6.38. The fourth-order valence-corrected chi connectivity index (χ4v) is 3.73. The van der Waals surface area contributed by atoms with Crippen molar-refractivity contribution in [3.05, 3.63) is 53.1 Å². The van der Waals surface area contributed by atoms with Crippen LogP contribution < -0.4 is 21.3 Å². The van der Waals surface area contributed by atoms with Crippen molar-refractivity contribution >= 4 is 51.8 Å². The van der Waals surface area contributed by atoms with Gasteiger partial charge in [0.2, 0.25) is 5.95 Å². The first-order valence-electron chi connectivity index (χ1n) is 11.8. The summed E-state index contributed by atoms with van der Waals surface area (Å²) in [4.78, 5) is 37.0. The summed E-state index contributed by atoms with van der Waals surface area (Å²) in [6.45, 7) is 8.59. The van der Waals surface area contributed by atoms with Crippen molar-refractivity contribution < 1.29 is 9.53 Å². The number of carbonyl (C=O) groups excluding carboxylic acids is 1. The maximum atomic E-state index is 13.0. The van der Waals surface area contributed by atoms with Crippen LogP contribution in [0.25, 0.3) is 11.0 Å². The van der Waals surface area contributed by atoms with E-state index in [1.165, 1.54) is 6.33 Å². The lowest BCUT2D eigenvalue weighted by Gasteiger charge is -2.26. The zero-order valence-corrected chi connectivity index (χ0v) is 22.0. The number of ether oxygens (including phenoxy) is 1. The Hall–Kier alpha value is -3.83. The molecule has 0 atom stereocenters. The fraction of sp³-hybridized carbons (Fsp3) is 0.360. The summed E-state index contributed by atoms with van der Waals surface area (Å²) < 4.78 is 5.42. The fourth-order valence-electron chi connectivity index (χ4n) is 3.49. The highest BCUT2D eigenvalue weighted by Crippen LogP contribution is 2.26. The van der Waals surface area contributed by atoms with Crippen LogP contribution in [0.1, 0.15) is 31.1 Å². The SMILES string of the molecule is CN=C(C=C(N)C(C)(C)C)NC(=O)c1cc(Cl)cc(Nc2ncnc3cnc(N4CCOCC4)nc23)c1. The van der Waals surface area contributed by atoms with Crippen LogP contribution in [0, 0.1) is 5.41 Å². The number of morpholine rings is 1. The van der Waals surface area contributed by atoms with Crippen LogP contribution in [-0.4, -0.2) is 65.0 Å². The van der Waals surface area contributed by atoms with E-state index in [0.717, 1.165) is 0 Å². The Morgan fingerprint density at radius 3 is 2.65 bits per heavy atom. The van der Waals surface area contributed by atoms with E-state index >= 15 is 0 Å². The molecule has 0 spiro atoms. The van der Waals surface area contributed by atoms with Crippen LogP contribution in [0.15, 0.2) is 47.5 Å².